The first-order chi connectivity index (χ1) is 6.97. The van der Waals surface area contributed by atoms with Gasteiger partial charge in [0.05, 0.1) is 0 Å². The quantitative estimate of drug-likeness (QED) is 0.616. The summed E-state index contributed by atoms with van der Waals surface area (Å²) < 4.78 is 5.42. The average Bonchev–Trinajstić information content (AvgIpc) is 2.57. The van der Waals surface area contributed by atoms with Crippen molar-refractivity contribution in [1.29, 1.82) is 0 Å². The minimum atomic E-state index is -0.367. The molecule has 0 aromatic carbocycles. The molecule has 0 spiro atoms. The second-order valence-electron chi connectivity index (χ2n) is 5.72. The summed E-state index contributed by atoms with van der Waals surface area (Å²) in [5.41, 5.74) is -0.367. The number of likely N-dealkylation sites (tertiary alicyclic amines) is 1. The molecular weight excluding hydrogens is 190 g/mol. The molecule has 0 aromatic rings. The third-order valence-electron chi connectivity index (χ3n) is 3.39. The van der Waals surface area contributed by atoms with Crippen molar-refractivity contribution in [1.82, 2.24) is 4.90 Å². The molecule has 3 heteroatoms. The summed E-state index contributed by atoms with van der Waals surface area (Å²) in [6, 6.07) is 0.472. The molecule has 2 atom stereocenters. The van der Waals surface area contributed by atoms with Crippen LogP contribution in [-0.4, -0.2) is 29.2 Å². The molecule has 0 bridgehead atoms. The predicted octanol–water partition coefficient (Wildman–Crippen LogP) is 2.80. The average molecular weight is 211 g/mol. The van der Waals surface area contributed by atoms with Gasteiger partial charge >= 0.3 is 6.09 Å². The second kappa shape index (κ2) is 3.69. The van der Waals surface area contributed by atoms with Gasteiger partial charge in [-0.1, -0.05) is 6.42 Å². The van der Waals surface area contributed by atoms with Crippen molar-refractivity contribution in [3.05, 3.63) is 0 Å². The van der Waals surface area contributed by atoms with E-state index < -0.39 is 0 Å². The van der Waals surface area contributed by atoms with Gasteiger partial charge in [-0.05, 0) is 46.0 Å². The molecule has 3 nitrogen and oxygen atoms in total. The fraction of sp³-hybridized carbons (Fsp3) is 0.917. The Hall–Kier alpha value is -0.730. The number of hydrogen-bond acceptors (Lipinski definition) is 2. The van der Waals surface area contributed by atoms with Crippen molar-refractivity contribution < 1.29 is 9.53 Å². The van der Waals surface area contributed by atoms with Crippen molar-refractivity contribution in [2.24, 2.45) is 5.92 Å². The van der Waals surface area contributed by atoms with Crippen LogP contribution >= 0.6 is 0 Å². The van der Waals surface area contributed by atoms with Crippen LogP contribution in [0, 0.1) is 5.92 Å². The SMILES string of the molecule is CC(C)(C)OC(=O)N1CCC2CCCC21. The molecule has 1 amide bonds. The molecule has 1 saturated heterocycles. The Morgan fingerprint density at radius 2 is 2.00 bits per heavy atom. The van der Waals surface area contributed by atoms with Gasteiger partial charge in [0, 0.05) is 12.6 Å². The van der Waals surface area contributed by atoms with E-state index in [9.17, 15) is 4.79 Å². The lowest BCUT2D eigenvalue weighted by atomic mass is 10.1. The van der Waals surface area contributed by atoms with E-state index in [-0.39, 0.29) is 11.7 Å². The number of ether oxygens (including phenoxy) is 1. The van der Waals surface area contributed by atoms with Gasteiger partial charge in [-0.2, -0.15) is 0 Å². The number of rotatable bonds is 0. The lowest BCUT2D eigenvalue weighted by Gasteiger charge is -2.28. The fourth-order valence-corrected chi connectivity index (χ4v) is 2.78. The lowest BCUT2D eigenvalue weighted by Crippen LogP contribution is -2.40. The smallest absolute Gasteiger partial charge is 0.410 e. The number of carbonyl (C=O) groups is 1. The topological polar surface area (TPSA) is 29.5 Å². The van der Waals surface area contributed by atoms with E-state index in [1.807, 2.05) is 25.7 Å². The Bertz CT molecular complexity index is 257. The van der Waals surface area contributed by atoms with Crippen LogP contribution in [0.1, 0.15) is 46.5 Å². The summed E-state index contributed by atoms with van der Waals surface area (Å²) in [5, 5.41) is 0. The van der Waals surface area contributed by atoms with E-state index in [1.165, 1.54) is 25.7 Å². The van der Waals surface area contributed by atoms with Gasteiger partial charge in [0.2, 0.25) is 0 Å². The number of carbonyl (C=O) groups excluding carboxylic acids is 1. The van der Waals surface area contributed by atoms with Crippen LogP contribution in [-0.2, 0) is 4.74 Å². The highest BCUT2D eigenvalue weighted by Gasteiger charge is 2.41. The van der Waals surface area contributed by atoms with E-state index in [4.69, 9.17) is 4.74 Å². The van der Waals surface area contributed by atoms with Crippen molar-refractivity contribution in [3.63, 3.8) is 0 Å². The molecule has 1 heterocycles. The van der Waals surface area contributed by atoms with Crippen LogP contribution in [0.3, 0.4) is 0 Å². The standard InChI is InChI=1S/C12H21NO2/c1-12(2,3)15-11(14)13-8-7-9-5-4-6-10(9)13/h9-10H,4-8H2,1-3H3. The highest BCUT2D eigenvalue weighted by Crippen LogP contribution is 2.38. The molecule has 0 aromatic heterocycles. The van der Waals surface area contributed by atoms with Gasteiger partial charge in [0.15, 0.2) is 0 Å². The van der Waals surface area contributed by atoms with E-state index in [0.717, 1.165) is 12.5 Å². The lowest BCUT2D eigenvalue weighted by molar-refractivity contribution is 0.0218. The van der Waals surface area contributed by atoms with Crippen LogP contribution in [0.5, 0.6) is 0 Å². The van der Waals surface area contributed by atoms with Crippen molar-refractivity contribution in [2.75, 3.05) is 6.54 Å². The van der Waals surface area contributed by atoms with Crippen LogP contribution in [0.15, 0.2) is 0 Å². The molecule has 15 heavy (non-hydrogen) atoms. The Morgan fingerprint density at radius 1 is 1.27 bits per heavy atom. The number of nitrogens with zero attached hydrogens (tertiary/aromatic N) is 1. The Labute approximate surface area is 91.8 Å². The monoisotopic (exact) mass is 211 g/mol. The summed E-state index contributed by atoms with van der Waals surface area (Å²) in [4.78, 5) is 13.9. The molecule has 2 aliphatic rings. The maximum absolute atomic E-state index is 11.9. The zero-order valence-electron chi connectivity index (χ0n) is 9.95. The molecule has 2 fully saturated rings. The molecule has 86 valence electrons. The minimum Gasteiger partial charge on any atom is -0.444 e. The number of amides is 1. The van der Waals surface area contributed by atoms with Crippen LogP contribution < -0.4 is 0 Å². The zero-order chi connectivity index (χ0) is 11.1. The Morgan fingerprint density at radius 3 is 2.67 bits per heavy atom. The first kappa shape index (κ1) is 10.8. The summed E-state index contributed by atoms with van der Waals surface area (Å²) >= 11 is 0. The van der Waals surface area contributed by atoms with Gasteiger partial charge in [-0.15, -0.1) is 0 Å². The largest absolute Gasteiger partial charge is 0.444 e. The van der Waals surface area contributed by atoms with Gasteiger partial charge in [-0.3, -0.25) is 0 Å². The van der Waals surface area contributed by atoms with Crippen LogP contribution in [0.25, 0.3) is 0 Å². The summed E-state index contributed by atoms with van der Waals surface area (Å²) in [6.07, 6.45) is 4.80. The van der Waals surface area contributed by atoms with E-state index in [0.29, 0.717) is 6.04 Å². The Balaban J connectivity index is 1.96. The van der Waals surface area contributed by atoms with Crippen LogP contribution in [0.4, 0.5) is 4.79 Å². The van der Waals surface area contributed by atoms with Gasteiger partial charge < -0.3 is 9.64 Å². The molecule has 0 radical (unpaired) electrons. The van der Waals surface area contributed by atoms with E-state index in [1.54, 1.807) is 0 Å². The van der Waals surface area contributed by atoms with Crippen molar-refractivity contribution >= 4 is 6.09 Å². The minimum absolute atomic E-state index is 0.114. The van der Waals surface area contributed by atoms with Crippen LogP contribution in [0.2, 0.25) is 0 Å². The third kappa shape index (κ3) is 2.27. The Kier molecular flexibility index (Phi) is 2.65. The number of fused-ring (bicyclic) bond motifs is 1. The summed E-state index contributed by atoms with van der Waals surface area (Å²) in [7, 11) is 0. The molecule has 1 aliphatic carbocycles. The van der Waals surface area contributed by atoms with E-state index >= 15 is 0 Å². The molecule has 2 unspecified atom stereocenters. The third-order valence-corrected chi connectivity index (χ3v) is 3.39. The van der Waals surface area contributed by atoms with Crippen molar-refractivity contribution in [3.8, 4) is 0 Å². The first-order valence-corrected chi connectivity index (χ1v) is 5.97. The number of hydrogen-bond donors (Lipinski definition) is 0. The molecule has 1 saturated carbocycles. The molecule has 1 aliphatic heterocycles. The maximum Gasteiger partial charge on any atom is 0.410 e. The van der Waals surface area contributed by atoms with E-state index in [2.05, 4.69) is 0 Å². The molecule has 2 rings (SSSR count). The second-order valence-corrected chi connectivity index (χ2v) is 5.72. The highest BCUT2D eigenvalue weighted by atomic mass is 16.6. The summed E-state index contributed by atoms with van der Waals surface area (Å²) in [5.74, 6) is 0.748. The van der Waals surface area contributed by atoms with Gasteiger partial charge in [-0.25, -0.2) is 4.79 Å². The normalized spacial score (nSPS) is 30.5. The first-order valence-electron chi connectivity index (χ1n) is 5.97. The molecule has 0 N–H and O–H groups in total. The predicted molar refractivity (Wildman–Crippen MR) is 58.7 cm³/mol. The highest BCUT2D eigenvalue weighted by molar-refractivity contribution is 5.69. The molecular formula is C12H21NO2. The van der Waals surface area contributed by atoms with Gasteiger partial charge in [0.1, 0.15) is 5.60 Å². The van der Waals surface area contributed by atoms with Crippen molar-refractivity contribution in [2.45, 2.75) is 58.1 Å². The zero-order valence-corrected chi connectivity index (χ0v) is 9.95. The summed E-state index contributed by atoms with van der Waals surface area (Å²) in [6.45, 7) is 6.66. The van der Waals surface area contributed by atoms with Gasteiger partial charge in [0.25, 0.3) is 0 Å². The maximum atomic E-state index is 11.9. The fourth-order valence-electron chi connectivity index (χ4n) is 2.78.